The maximum atomic E-state index is 13.4. The molecule has 4 bridgehead atoms. The van der Waals surface area contributed by atoms with Crippen molar-refractivity contribution >= 4 is 17.5 Å². The summed E-state index contributed by atoms with van der Waals surface area (Å²) in [7, 11) is 0. The number of rotatable bonds is 1. The molecular formula is C22H21NO2. The maximum absolute atomic E-state index is 13.4. The highest BCUT2D eigenvalue weighted by atomic mass is 16.2. The number of para-hydroxylation sites is 1. The second-order valence-electron chi connectivity index (χ2n) is 9.21. The van der Waals surface area contributed by atoms with Gasteiger partial charge in [0.25, 0.3) is 0 Å². The number of benzene rings is 1. The third kappa shape index (κ3) is 1.26. The lowest BCUT2D eigenvalue weighted by Gasteiger charge is -2.29. The lowest BCUT2D eigenvalue weighted by atomic mass is 9.72. The van der Waals surface area contributed by atoms with E-state index < -0.39 is 0 Å². The Bertz CT molecular complexity index is 833. The zero-order valence-electron chi connectivity index (χ0n) is 14.2. The summed E-state index contributed by atoms with van der Waals surface area (Å²) in [6.07, 6.45) is 6.45. The van der Waals surface area contributed by atoms with E-state index in [1.807, 2.05) is 30.3 Å². The van der Waals surface area contributed by atoms with Crippen LogP contribution >= 0.6 is 0 Å². The largest absolute Gasteiger partial charge is 0.274 e. The van der Waals surface area contributed by atoms with Crippen LogP contribution in [0.4, 0.5) is 5.69 Å². The van der Waals surface area contributed by atoms with Gasteiger partial charge in [-0.25, -0.2) is 0 Å². The zero-order valence-corrected chi connectivity index (χ0v) is 14.2. The van der Waals surface area contributed by atoms with Crippen LogP contribution in [0.1, 0.15) is 32.1 Å². The Hall–Kier alpha value is -1.90. The minimum Gasteiger partial charge on any atom is -0.274 e. The summed E-state index contributed by atoms with van der Waals surface area (Å²) in [6, 6.07) is 9.57. The van der Waals surface area contributed by atoms with E-state index in [0.29, 0.717) is 17.3 Å². The highest BCUT2D eigenvalue weighted by Crippen LogP contribution is 2.81. The molecule has 3 heteroatoms. The number of carbonyl (C=O) groups excluding carboxylic acids is 2. The zero-order chi connectivity index (χ0) is 16.5. The van der Waals surface area contributed by atoms with Crippen LogP contribution in [0.2, 0.25) is 0 Å². The van der Waals surface area contributed by atoms with E-state index in [0.717, 1.165) is 17.5 Å². The number of amides is 2. The second kappa shape index (κ2) is 3.92. The van der Waals surface area contributed by atoms with Gasteiger partial charge in [-0.3, -0.25) is 14.5 Å². The van der Waals surface area contributed by atoms with Gasteiger partial charge in [-0.1, -0.05) is 29.3 Å². The van der Waals surface area contributed by atoms with Crippen LogP contribution in [0.25, 0.3) is 0 Å². The number of nitrogens with zero attached hydrogens (tertiary/aromatic N) is 1. The minimum absolute atomic E-state index is 0.0571. The molecule has 126 valence electrons. The molecule has 3 nitrogen and oxygen atoms in total. The predicted molar refractivity (Wildman–Crippen MR) is 92.4 cm³/mol. The predicted octanol–water partition coefficient (Wildman–Crippen LogP) is 3.56. The molecule has 6 aliphatic rings. The van der Waals surface area contributed by atoms with Crippen LogP contribution in [0.5, 0.6) is 0 Å². The topological polar surface area (TPSA) is 37.4 Å². The Labute approximate surface area is 147 Å². The molecule has 1 heterocycles. The molecule has 1 aromatic carbocycles. The van der Waals surface area contributed by atoms with Crippen LogP contribution in [0.15, 0.2) is 41.5 Å². The first-order valence-corrected chi connectivity index (χ1v) is 9.89. The molecule has 6 atom stereocenters. The number of hydrogen-bond donors (Lipinski definition) is 0. The van der Waals surface area contributed by atoms with Gasteiger partial charge in [0.1, 0.15) is 0 Å². The van der Waals surface area contributed by atoms with Crippen molar-refractivity contribution in [3.8, 4) is 0 Å². The van der Waals surface area contributed by atoms with Crippen LogP contribution < -0.4 is 4.90 Å². The van der Waals surface area contributed by atoms with Gasteiger partial charge in [0.15, 0.2) is 0 Å². The third-order valence-electron chi connectivity index (χ3n) is 8.51. The second-order valence-corrected chi connectivity index (χ2v) is 9.21. The molecule has 2 amide bonds. The van der Waals surface area contributed by atoms with Crippen molar-refractivity contribution in [2.45, 2.75) is 32.1 Å². The smallest absolute Gasteiger partial charge is 0.238 e. The summed E-state index contributed by atoms with van der Waals surface area (Å²) in [5.74, 6) is 2.35. The Morgan fingerprint density at radius 2 is 1.40 bits per heavy atom. The molecule has 3 saturated carbocycles. The van der Waals surface area contributed by atoms with E-state index in [1.54, 1.807) is 11.1 Å². The SMILES string of the molecule is O=C1[C@@H]2[C@@H](C(=O)N1c1ccccc1)[C@H]1C3=C([C@H]4CC[C@H]3C4)[C@H]2C12CC2. The average Bonchev–Trinajstić information content (AvgIpc) is 2.90. The summed E-state index contributed by atoms with van der Waals surface area (Å²) >= 11 is 0. The molecule has 0 unspecified atom stereocenters. The normalized spacial score (nSPS) is 44.2. The van der Waals surface area contributed by atoms with Crippen molar-refractivity contribution in [1.29, 1.82) is 0 Å². The molecule has 1 spiro atoms. The van der Waals surface area contributed by atoms with Crippen molar-refractivity contribution in [1.82, 2.24) is 0 Å². The van der Waals surface area contributed by atoms with E-state index in [4.69, 9.17) is 0 Å². The summed E-state index contributed by atoms with van der Waals surface area (Å²) in [5.41, 5.74) is 4.43. The fraction of sp³-hybridized carbons (Fsp3) is 0.545. The Kier molecular flexibility index (Phi) is 2.09. The number of carbonyl (C=O) groups is 2. The highest BCUT2D eigenvalue weighted by Gasteiger charge is 2.79. The summed E-state index contributed by atoms with van der Waals surface area (Å²) in [4.78, 5) is 28.3. The van der Waals surface area contributed by atoms with Crippen molar-refractivity contribution in [2.75, 3.05) is 4.90 Å². The van der Waals surface area contributed by atoms with Gasteiger partial charge < -0.3 is 0 Å². The molecule has 5 aliphatic carbocycles. The molecule has 0 radical (unpaired) electrons. The van der Waals surface area contributed by atoms with Crippen LogP contribution in [0.3, 0.4) is 0 Å². The maximum Gasteiger partial charge on any atom is 0.238 e. The monoisotopic (exact) mass is 331 g/mol. The van der Waals surface area contributed by atoms with Gasteiger partial charge in [0.2, 0.25) is 11.8 Å². The van der Waals surface area contributed by atoms with Gasteiger partial charge in [0.05, 0.1) is 17.5 Å². The lowest BCUT2D eigenvalue weighted by Crippen LogP contribution is -2.35. The van der Waals surface area contributed by atoms with Crippen molar-refractivity contribution in [2.24, 2.45) is 40.9 Å². The van der Waals surface area contributed by atoms with Gasteiger partial charge in [-0.15, -0.1) is 0 Å². The first-order valence-electron chi connectivity index (χ1n) is 9.89. The van der Waals surface area contributed by atoms with Crippen LogP contribution in [-0.2, 0) is 9.59 Å². The molecule has 25 heavy (non-hydrogen) atoms. The van der Waals surface area contributed by atoms with E-state index in [2.05, 4.69) is 0 Å². The molecule has 1 aromatic rings. The average molecular weight is 331 g/mol. The number of fused-ring (bicyclic) bond motifs is 9. The van der Waals surface area contributed by atoms with Crippen molar-refractivity contribution in [3.05, 3.63) is 41.5 Å². The number of hydrogen-bond acceptors (Lipinski definition) is 2. The van der Waals surface area contributed by atoms with Crippen molar-refractivity contribution in [3.63, 3.8) is 0 Å². The standard InChI is InChI=1S/C22H21NO2/c24-20-16-17(21(25)23(20)13-4-2-1-3-5-13)19-15-12-7-6-11(10-12)14(15)18(16)22(19)8-9-22/h1-5,11-12,16-19H,6-10H2/t11-,12-,16+,17+,18+,19+/m0/s1. The fourth-order valence-corrected chi connectivity index (χ4v) is 7.81. The van der Waals surface area contributed by atoms with Gasteiger partial charge in [-0.2, -0.15) is 0 Å². The van der Waals surface area contributed by atoms with E-state index >= 15 is 0 Å². The van der Waals surface area contributed by atoms with Gasteiger partial charge >= 0.3 is 0 Å². The fourth-order valence-electron chi connectivity index (χ4n) is 7.81. The first kappa shape index (κ1) is 13.3. The molecule has 0 aromatic heterocycles. The van der Waals surface area contributed by atoms with Crippen molar-refractivity contribution < 1.29 is 9.59 Å². The molecule has 4 fully saturated rings. The Morgan fingerprint density at radius 1 is 0.840 bits per heavy atom. The summed E-state index contributed by atoms with van der Waals surface area (Å²) in [5, 5.41) is 0. The van der Waals surface area contributed by atoms with E-state index in [-0.39, 0.29) is 23.7 Å². The Morgan fingerprint density at radius 3 is 1.92 bits per heavy atom. The van der Waals surface area contributed by atoms with E-state index in [9.17, 15) is 9.59 Å². The lowest BCUT2D eigenvalue weighted by molar-refractivity contribution is -0.123. The third-order valence-corrected chi connectivity index (χ3v) is 8.51. The molecular weight excluding hydrogens is 310 g/mol. The quantitative estimate of drug-likeness (QED) is 0.583. The van der Waals surface area contributed by atoms with Gasteiger partial charge in [0, 0.05) is 0 Å². The molecule has 0 N–H and O–H groups in total. The van der Waals surface area contributed by atoms with Crippen LogP contribution in [-0.4, -0.2) is 11.8 Å². The Balaban J connectivity index is 1.39. The summed E-state index contributed by atoms with van der Waals surface area (Å²) < 4.78 is 0. The molecule has 1 saturated heterocycles. The molecule has 7 rings (SSSR count). The summed E-state index contributed by atoms with van der Waals surface area (Å²) in [6.45, 7) is 0. The first-order chi connectivity index (χ1) is 12.2. The minimum atomic E-state index is -0.0571. The van der Waals surface area contributed by atoms with Gasteiger partial charge in [-0.05, 0) is 73.3 Å². The number of imide groups is 1. The molecule has 1 aliphatic heterocycles. The van der Waals surface area contributed by atoms with E-state index in [1.165, 1.54) is 37.0 Å². The number of allylic oxidation sites excluding steroid dienone is 2. The number of anilines is 1. The van der Waals surface area contributed by atoms with Crippen LogP contribution in [0, 0.1) is 40.9 Å². The highest BCUT2D eigenvalue weighted by molar-refractivity contribution is 6.23.